The van der Waals surface area contributed by atoms with Gasteiger partial charge in [0.2, 0.25) is 0 Å². The van der Waals surface area contributed by atoms with Gasteiger partial charge in [-0.1, -0.05) is 6.07 Å². The Balaban J connectivity index is 1.61. The summed E-state index contributed by atoms with van der Waals surface area (Å²) in [5.74, 6) is 0.0667. The number of aliphatic hydroxyl groups excluding tert-OH is 1. The molecule has 0 aliphatic carbocycles. The fraction of sp³-hybridized carbons (Fsp3) is 0.467. The van der Waals surface area contributed by atoms with Crippen molar-refractivity contribution in [1.82, 2.24) is 14.8 Å². The molecular formula is C15H19N3O2S2. The van der Waals surface area contributed by atoms with E-state index in [-0.39, 0.29) is 12.0 Å². The van der Waals surface area contributed by atoms with Crippen LogP contribution in [0.1, 0.15) is 16.6 Å². The van der Waals surface area contributed by atoms with E-state index in [1.807, 2.05) is 22.4 Å². The predicted octanol–water partition coefficient (Wildman–Crippen LogP) is 2.01. The number of carbonyl (C=O) groups is 1. The number of hydrogen-bond acceptors (Lipinski definition) is 6. The molecule has 1 aliphatic heterocycles. The van der Waals surface area contributed by atoms with Crippen LogP contribution in [0.25, 0.3) is 9.88 Å². The Morgan fingerprint density at radius 1 is 1.41 bits per heavy atom. The highest BCUT2D eigenvalue weighted by Crippen LogP contribution is 2.29. The molecule has 1 amide bonds. The van der Waals surface area contributed by atoms with E-state index in [0.717, 1.165) is 23.0 Å². The van der Waals surface area contributed by atoms with Crippen LogP contribution in [0.3, 0.4) is 0 Å². The number of thiazole rings is 1. The van der Waals surface area contributed by atoms with Gasteiger partial charge in [0.05, 0.1) is 17.2 Å². The van der Waals surface area contributed by atoms with Gasteiger partial charge in [-0.05, 0) is 18.4 Å². The Labute approximate surface area is 137 Å². The summed E-state index contributed by atoms with van der Waals surface area (Å²) in [6, 6.07) is 4.01. The van der Waals surface area contributed by atoms with Crippen LogP contribution in [0.2, 0.25) is 0 Å². The van der Waals surface area contributed by atoms with Gasteiger partial charge in [-0.2, -0.15) is 0 Å². The number of amides is 1. The van der Waals surface area contributed by atoms with Gasteiger partial charge < -0.3 is 10.0 Å². The summed E-state index contributed by atoms with van der Waals surface area (Å²) in [6.07, 6.45) is 1.36. The molecule has 118 valence electrons. The van der Waals surface area contributed by atoms with E-state index in [4.69, 9.17) is 0 Å². The molecule has 0 radical (unpaired) electrons. The maximum Gasteiger partial charge on any atom is 0.265 e. The van der Waals surface area contributed by atoms with E-state index in [1.165, 1.54) is 11.3 Å². The van der Waals surface area contributed by atoms with Gasteiger partial charge in [0.1, 0.15) is 9.88 Å². The molecule has 3 rings (SSSR count). The quantitative estimate of drug-likeness (QED) is 0.927. The minimum atomic E-state index is -0.322. The maximum atomic E-state index is 12.5. The first kappa shape index (κ1) is 15.6. The molecule has 1 fully saturated rings. The highest BCUT2D eigenvalue weighted by Gasteiger charge is 2.24. The molecule has 1 atom stereocenters. The molecule has 22 heavy (non-hydrogen) atoms. The fourth-order valence-electron chi connectivity index (χ4n) is 2.55. The van der Waals surface area contributed by atoms with Crippen molar-refractivity contribution in [2.24, 2.45) is 0 Å². The van der Waals surface area contributed by atoms with E-state index >= 15 is 0 Å². The van der Waals surface area contributed by atoms with Crippen molar-refractivity contribution in [3.05, 3.63) is 28.6 Å². The number of piperazine rings is 1. The van der Waals surface area contributed by atoms with Gasteiger partial charge in [-0.25, -0.2) is 4.98 Å². The normalized spacial score (nSPS) is 17.6. The maximum absolute atomic E-state index is 12.5. The Morgan fingerprint density at radius 3 is 2.82 bits per heavy atom. The monoisotopic (exact) mass is 337 g/mol. The zero-order valence-corrected chi connectivity index (χ0v) is 14.1. The van der Waals surface area contributed by atoms with E-state index < -0.39 is 0 Å². The van der Waals surface area contributed by atoms with Crippen LogP contribution in [0.5, 0.6) is 0 Å². The molecule has 2 aromatic heterocycles. The lowest BCUT2D eigenvalue weighted by molar-refractivity contribution is 0.0558. The van der Waals surface area contributed by atoms with Crippen molar-refractivity contribution in [2.45, 2.75) is 13.0 Å². The number of aromatic nitrogens is 1. The summed E-state index contributed by atoms with van der Waals surface area (Å²) < 4.78 is 0. The van der Waals surface area contributed by atoms with Crippen molar-refractivity contribution in [3.8, 4) is 9.88 Å². The Hall–Kier alpha value is -1.28. The molecule has 1 N–H and O–H groups in total. The summed E-state index contributed by atoms with van der Waals surface area (Å²) in [7, 11) is 0. The fourth-order valence-corrected chi connectivity index (χ4v) is 4.24. The van der Waals surface area contributed by atoms with Crippen LogP contribution in [-0.4, -0.2) is 64.6 Å². The van der Waals surface area contributed by atoms with E-state index in [9.17, 15) is 9.90 Å². The van der Waals surface area contributed by atoms with Crippen molar-refractivity contribution < 1.29 is 9.90 Å². The van der Waals surface area contributed by atoms with Crippen LogP contribution in [0.4, 0.5) is 0 Å². The van der Waals surface area contributed by atoms with Crippen LogP contribution in [0, 0.1) is 0 Å². The summed E-state index contributed by atoms with van der Waals surface area (Å²) in [4.78, 5) is 22.8. The highest BCUT2D eigenvalue weighted by molar-refractivity contribution is 7.21. The molecule has 1 aliphatic rings. The van der Waals surface area contributed by atoms with Gasteiger partial charge in [0.25, 0.3) is 5.91 Å². The number of carbonyl (C=O) groups excluding carboxylic acids is 1. The van der Waals surface area contributed by atoms with Crippen LogP contribution < -0.4 is 0 Å². The van der Waals surface area contributed by atoms with Crippen molar-refractivity contribution in [1.29, 1.82) is 0 Å². The first-order valence-corrected chi connectivity index (χ1v) is 9.02. The van der Waals surface area contributed by atoms with Crippen molar-refractivity contribution in [3.63, 3.8) is 0 Å². The second-order valence-corrected chi connectivity index (χ2v) is 7.43. The molecular weight excluding hydrogens is 318 g/mol. The number of rotatable bonds is 4. The molecule has 0 aromatic carbocycles. The van der Waals surface area contributed by atoms with Gasteiger partial charge in [0, 0.05) is 32.7 Å². The zero-order valence-electron chi connectivity index (χ0n) is 12.4. The first-order chi connectivity index (χ1) is 10.6. The van der Waals surface area contributed by atoms with E-state index in [0.29, 0.717) is 24.5 Å². The molecule has 1 unspecified atom stereocenters. The lowest BCUT2D eigenvalue weighted by atomic mass is 10.2. The third kappa shape index (κ3) is 3.55. The number of nitrogens with zero attached hydrogens (tertiary/aromatic N) is 3. The first-order valence-electron chi connectivity index (χ1n) is 7.33. The van der Waals surface area contributed by atoms with Gasteiger partial charge in [-0.15, -0.1) is 22.7 Å². The SMILES string of the molecule is CC(O)CN1CCN(C(=O)c2cnc(-c3cccs3)s2)CC1. The van der Waals surface area contributed by atoms with Gasteiger partial charge >= 0.3 is 0 Å². The number of hydrogen-bond donors (Lipinski definition) is 1. The van der Waals surface area contributed by atoms with Crippen LogP contribution >= 0.6 is 22.7 Å². The lowest BCUT2D eigenvalue weighted by Crippen LogP contribution is -2.50. The third-order valence-electron chi connectivity index (χ3n) is 3.63. The van der Waals surface area contributed by atoms with E-state index in [1.54, 1.807) is 24.5 Å². The summed E-state index contributed by atoms with van der Waals surface area (Å²) >= 11 is 3.09. The largest absolute Gasteiger partial charge is 0.392 e. The highest BCUT2D eigenvalue weighted by atomic mass is 32.1. The summed E-state index contributed by atoms with van der Waals surface area (Å²) in [5.41, 5.74) is 0. The minimum absolute atomic E-state index is 0.0667. The third-order valence-corrected chi connectivity index (χ3v) is 5.65. The summed E-state index contributed by atoms with van der Waals surface area (Å²) in [6.45, 7) is 5.50. The van der Waals surface area contributed by atoms with Gasteiger partial charge in [0.15, 0.2) is 0 Å². The second-order valence-electron chi connectivity index (χ2n) is 5.45. The number of aliphatic hydroxyl groups is 1. The molecule has 7 heteroatoms. The average Bonchev–Trinajstić information content (AvgIpc) is 3.18. The average molecular weight is 337 g/mol. The van der Waals surface area contributed by atoms with Gasteiger partial charge in [-0.3, -0.25) is 9.69 Å². The van der Waals surface area contributed by atoms with Crippen LogP contribution in [0.15, 0.2) is 23.7 Å². The second kappa shape index (κ2) is 6.87. The Kier molecular flexibility index (Phi) is 4.87. The standard InChI is InChI=1S/C15H19N3O2S2/c1-11(19)10-17-4-6-18(7-5-17)15(20)13-9-16-14(22-13)12-3-2-8-21-12/h2-3,8-9,11,19H,4-7,10H2,1H3. The minimum Gasteiger partial charge on any atom is -0.392 e. The smallest absolute Gasteiger partial charge is 0.265 e. The molecule has 5 nitrogen and oxygen atoms in total. The lowest BCUT2D eigenvalue weighted by Gasteiger charge is -2.34. The number of thiophene rings is 1. The zero-order chi connectivity index (χ0) is 15.5. The molecule has 1 saturated heterocycles. The van der Waals surface area contributed by atoms with Crippen molar-refractivity contribution in [2.75, 3.05) is 32.7 Å². The topological polar surface area (TPSA) is 56.7 Å². The summed E-state index contributed by atoms with van der Waals surface area (Å²) in [5, 5.41) is 12.3. The number of β-amino-alcohol motifs (C(OH)–C–C–N with tert-alkyl or cyclic N) is 1. The molecule has 0 bridgehead atoms. The van der Waals surface area contributed by atoms with E-state index in [2.05, 4.69) is 9.88 Å². The molecule has 3 heterocycles. The molecule has 0 saturated carbocycles. The Bertz CT molecular complexity index is 617. The van der Waals surface area contributed by atoms with Crippen molar-refractivity contribution >= 4 is 28.6 Å². The molecule has 0 spiro atoms. The predicted molar refractivity (Wildman–Crippen MR) is 89.5 cm³/mol. The van der Waals surface area contributed by atoms with Crippen LogP contribution in [-0.2, 0) is 0 Å². The Morgan fingerprint density at radius 2 is 2.18 bits per heavy atom. The molecule has 2 aromatic rings.